The molecule has 1 aromatic carbocycles. The summed E-state index contributed by atoms with van der Waals surface area (Å²) in [5.41, 5.74) is 2.00. The fourth-order valence-corrected chi connectivity index (χ4v) is 3.99. The number of rotatable bonds is 4. The Balaban J connectivity index is 1.57. The van der Waals surface area contributed by atoms with Crippen molar-refractivity contribution in [1.82, 2.24) is 0 Å². The van der Waals surface area contributed by atoms with E-state index in [1.165, 1.54) is 21.8 Å². The number of carbonyl (C=O) groups is 2. The minimum absolute atomic E-state index is 0.363. The van der Waals surface area contributed by atoms with Gasteiger partial charge in [0, 0.05) is 4.88 Å². The molecule has 6 heteroatoms. The lowest BCUT2D eigenvalue weighted by molar-refractivity contribution is -0.119. The van der Waals surface area contributed by atoms with Crippen molar-refractivity contribution in [3.63, 3.8) is 0 Å². The minimum Gasteiger partial charge on any atom is -0.451 e. The molecule has 0 fully saturated rings. The maximum atomic E-state index is 12.2. The molecule has 1 heterocycles. The number of hydrogen-bond donors (Lipinski definition) is 1. The van der Waals surface area contributed by atoms with Gasteiger partial charge in [0.05, 0.1) is 11.3 Å². The fraction of sp³-hybridized carbons (Fsp3) is 0.316. The number of para-hydroxylation sites is 1. The molecule has 0 aliphatic heterocycles. The van der Waals surface area contributed by atoms with Crippen LogP contribution in [0.15, 0.2) is 30.3 Å². The first-order valence-electron chi connectivity index (χ1n) is 8.14. The first-order valence-corrected chi connectivity index (χ1v) is 8.96. The molecule has 1 aromatic heterocycles. The van der Waals surface area contributed by atoms with Gasteiger partial charge in [-0.1, -0.05) is 19.1 Å². The smallest absolute Gasteiger partial charge is 0.348 e. The van der Waals surface area contributed by atoms with Gasteiger partial charge in [0.15, 0.2) is 6.61 Å². The second-order valence-electron chi connectivity index (χ2n) is 6.19. The third-order valence-electron chi connectivity index (χ3n) is 4.19. The summed E-state index contributed by atoms with van der Waals surface area (Å²) in [5.74, 6) is -0.307. The maximum absolute atomic E-state index is 12.2. The van der Waals surface area contributed by atoms with Crippen LogP contribution >= 0.6 is 11.3 Å². The molecule has 1 aliphatic rings. The van der Waals surface area contributed by atoms with E-state index in [1.807, 2.05) is 12.1 Å². The number of nitrogens with zero attached hydrogens (tertiary/aromatic N) is 1. The third kappa shape index (κ3) is 4.06. The second-order valence-corrected chi connectivity index (χ2v) is 7.33. The molecule has 0 saturated heterocycles. The van der Waals surface area contributed by atoms with Crippen molar-refractivity contribution in [2.45, 2.75) is 26.2 Å². The monoisotopic (exact) mass is 354 g/mol. The predicted octanol–water partition coefficient (Wildman–Crippen LogP) is 3.54. The summed E-state index contributed by atoms with van der Waals surface area (Å²) >= 11 is 1.46. The molecule has 1 amide bonds. The van der Waals surface area contributed by atoms with Crippen molar-refractivity contribution in [1.29, 1.82) is 5.26 Å². The highest BCUT2D eigenvalue weighted by Crippen LogP contribution is 2.32. The SMILES string of the molecule is C[C@H]1CCc2sc(C(=O)OCC(=O)Nc3ccccc3C#N)cc2C1. The highest BCUT2D eigenvalue weighted by molar-refractivity contribution is 7.14. The molecular weight excluding hydrogens is 336 g/mol. The van der Waals surface area contributed by atoms with Crippen molar-refractivity contribution < 1.29 is 14.3 Å². The number of fused-ring (bicyclic) bond motifs is 1. The molecule has 5 nitrogen and oxygen atoms in total. The molecule has 1 atom stereocenters. The molecule has 0 unspecified atom stereocenters. The highest BCUT2D eigenvalue weighted by Gasteiger charge is 2.21. The largest absolute Gasteiger partial charge is 0.451 e. The van der Waals surface area contributed by atoms with Crippen molar-refractivity contribution in [2.24, 2.45) is 5.92 Å². The summed E-state index contributed by atoms with van der Waals surface area (Å²) in [6.45, 7) is 1.83. The lowest BCUT2D eigenvalue weighted by Gasteiger charge is -2.16. The number of anilines is 1. The fourth-order valence-electron chi connectivity index (χ4n) is 2.88. The van der Waals surface area contributed by atoms with E-state index in [4.69, 9.17) is 10.00 Å². The summed E-state index contributed by atoms with van der Waals surface area (Å²) in [4.78, 5) is 25.9. The van der Waals surface area contributed by atoms with Crippen LogP contribution in [0, 0.1) is 17.2 Å². The van der Waals surface area contributed by atoms with Crippen LogP contribution in [-0.2, 0) is 22.4 Å². The van der Waals surface area contributed by atoms with E-state index < -0.39 is 11.9 Å². The molecule has 0 spiro atoms. The van der Waals surface area contributed by atoms with E-state index in [0.29, 0.717) is 22.0 Å². The van der Waals surface area contributed by atoms with Crippen LogP contribution in [0.1, 0.15) is 39.0 Å². The van der Waals surface area contributed by atoms with E-state index in [2.05, 4.69) is 12.2 Å². The number of ether oxygens (including phenoxy) is 1. The Hall–Kier alpha value is -2.65. The number of nitrogens with one attached hydrogen (secondary N) is 1. The van der Waals surface area contributed by atoms with E-state index in [1.54, 1.807) is 24.3 Å². The van der Waals surface area contributed by atoms with Crippen LogP contribution in [0.2, 0.25) is 0 Å². The zero-order chi connectivity index (χ0) is 17.8. The van der Waals surface area contributed by atoms with E-state index in [9.17, 15) is 9.59 Å². The third-order valence-corrected chi connectivity index (χ3v) is 5.40. The maximum Gasteiger partial charge on any atom is 0.348 e. The molecule has 128 valence electrons. The molecule has 1 N–H and O–H groups in total. The number of benzene rings is 1. The average molecular weight is 354 g/mol. The molecule has 3 rings (SSSR count). The first kappa shape index (κ1) is 17.2. The second kappa shape index (κ2) is 7.49. The standard InChI is InChI=1S/C19H18N2O3S/c1-12-6-7-16-14(8-12)9-17(25-16)19(23)24-11-18(22)21-15-5-3-2-4-13(15)10-20/h2-5,9,12H,6-8,11H2,1H3,(H,21,22)/t12-/m0/s1. The van der Waals surface area contributed by atoms with Crippen LogP contribution in [0.25, 0.3) is 0 Å². The Labute approximate surface area is 150 Å². The Kier molecular flexibility index (Phi) is 5.15. The van der Waals surface area contributed by atoms with Crippen LogP contribution in [-0.4, -0.2) is 18.5 Å². The zero-order valence-electron chi connectivity index (χ0n) is 13.9. The lowest BCUT2D eigenvalue weighted by atomic mass is 9.90. The van der Waals surface area contributed by atoms with Gasteiger partial charge in [-0.05, 0) is 48.9 Å². The van der Waals surface area contributed by atoms with Crippen molar-refractivity contribution in [3.8, 4) is 6.07 Å². The van der Waals surface area contributed by atoms with E-state index >= 15 is 0 Å². The van der Waals surface area contributed by atoms with E-state index in [-0.39, 0.29) is 6.61 Å². The molecule has 1 aliphatic carbocycles. The van der Waals surface area contributed by atoms with Crippen LogP contribution < -0.4 is 5.32 Å². The van der Waals surface area contributed by atoms with Crippen LogP contribution in [0.4, 0.5) is 5.69 Å². The Morgan fingerprint density at radius 2 is 2.20 bits per heavy atom. The quantitative estimate of drug-likeness (QED) is 0.852. The normalized spacial score (nSPS) is 15.8. The molecule has 25 heavy (non-hydrogen) atoms. The number of nitriles is 1. The van der Waals surface area contributed by atoms with Gasteiger partial charge in [-0.15, -0.1) is 11.3 Å². The summed E-state index contributed by atoms with van der Waals surface area (Å²) < 4.78 is 5.12. The van der Waals surface area contributed by atoms with Crippen molar-refractivity contribution in [2.75, 3.05) is 11.9 Å². The molecule has 2 aromatic rings. The number of amides is 1. The summed E-state index contributed by atoms with van der Waals surface area (Å²) in [6, 6.07) is 10.6. The number of thiophene rings is 1. The number of esters is 1. The van der Waals surface area contributed by atoms with Crippen LogP contribution in [0.5, 0.6) is 0 Å². The minimum atomic E-state index is -0.476. The molecule has 0 saturated carbocycles. The topological polar surface area (TPSA) is 79.2 Å². The van der Waals surface area contributed by atoms with Gasteiger partial charge in [0.25, 0.3) is 5.91 Å². The zero-order valence-corrected chi connectivity index (χ0v) is 14.7. The molecule has 0 radical (unpaired) electrons. The number of hydrogen-bond acceptors (Lipinski definition) is 5. The van der Waals surface area contributed by atoms with Gasteiger partial charge in [0.1, 0.15) is 10.9 Å². The summed E-state index contributed by atoms with van der Waals surface area (Å²) in [7, 11) is 0. The Morgan fingerprint density at radius 3 is 3.00 bits per heavy atom. The number of aryl methyl sites for hydroxylation is 1. The number of carbonyl (C=O) groups excluding carboxylic acids is 2. The Bertz CT molecular complexity index is 851. The van der Waals surface area contributed by atoms with Crippen LogP contribution in [0.3, 0.4) is 0 Å². The first-order chi connectivity index (χ1) is 12.1. The molecule has 0 bridgehead atoms. The van der Waals surface area contributed by atoms with Gasteiger partial charge in [-0.2, -0.15) is 5.26 Å². The predicted molar refractivity (Wildman–Crippen MR) is 95.6 cm³/mol. The van der Waals surface area contributed by atoms with Gasteiger partial charge in [-0.3, -0.25) is 4.79 Å². The summed E-state index contributed by atoms with van der Waals surface area (Å²) in [6.07, 6.45) is 3.13. The van der Waals surface area contributed by atoms with Gasteiger partial charge < -0.3 is 10.1 Å². The lowest BCUT2D eigenvalue weighted by Crippen LogP contribution is -2.21. The summed E-state index contributed by atoms with van der Waals surface area (Å²) in [5, 5.41) is 11.6. The van der Waals surface area contributed by atoms with Gasteiger partial charge in [0.2, 0.25) is 0 Å². The van der Waals surface area contributed by atoms with Gasteiger partial charge >= 0.3 is 5.97 Å². The van der Waals surface area contributed by atoms with E-state index in [0.717, 1.165) is 19.3 Å². The Morgan fingerprint density at radius 1 is 1.40 bits per heavy atom. The van der Waals surface area contributed by atoms with Gasteiger partial charge in [-0.25, -0.2) is 4.79 Å². The average Bonchev–Trinajstić information content (AvgIpc) is 3.03. The van der Waals surface area contributed by atoms with Crippen molar-refractivity contribution in [3.05, 3.63) is 51.2 Å². The highest BCUT2D eigenvalue weighted by atomic mass is 32.1. The molecular formula is C19H18N2O3S. The van der Waals surface area contributed by atoms with Crippen molar-refractivity contribution >= 4 is 28.9 Å².